The lowest BCUT2D eigenvalue weighted by Gasteiger charge is -2.13. The Bertz CT molecular complexity index is 1130. The number of aromatic nitrogens is 2. The Hall–Kier alpha value is -3.88. The van der Waals surface area contributed by atoms with Crippen LogP contribution < -0.4 is 26.0 Å². The average Bonchev–Trinajstić information content (AvgIpc) is 3.34. The van der Waals surface area contributed by atoms with Gasteiger partial charge in [0.05, 0.1) is 18.5 Å². The van der Waals surface area contributed by atoms with E-state index in [9.17, 15) is 9.59 Å². The van der Waals surface area contributed by atoms with Crippen LogP contribution in [0.5, 0.6) is 5.75 Å². The fraction of sp³-hybridized carbons (Fsp3) is 0.227. The zero-order valence-electron chi connectivity index (χ0n) is 18.0. The van der Waals surface area contributed by atoms with Crippen LogP contribution in [-0.4, -0.2) is 41.7 Å². The highest BCUT2D eigenvalue weighted by atomic mass is 35.5. The van der Waals surface area contributed by atoms with Crippen molar-refractivity contribution in [1.82, 2.24) is 20.6 Å². The van der Waals surface area contributed by atoms with E-state index in [2.05, 4.69) is 41.5 Å². The molecule has 3 aromatic rings. The zero-order valence-corrected chi connectivity index (χ0v) is 19.6. The number of nitrogens with zero attached hydrogens (tertiary/aromatic N) is 3. The minimum Gasteiger partial charge on any atom is -0.491 e. The maximum absolute atomic E-state index is 12.3. The molecule has 0 atom stereocenters. The Morgan fingerprint density at radius 1 is 1.09 bits per heavy atom. The molecule has 12 heteroatoms. The first kappa shape index (κ1) is 24.8. The SMILES string of the molecule is [C-]#[N+]c1cnc(NC(=O)Nc2cc(Cl)ccc2OCCCNC(=O)NCCc2ccsc2)cn1. The number of benzene rings is 1. The number of ether oxygens (including phenoxy) is 1. The summed E-state index contributed by atoms with van der Waals surface area (Å²) < 4.78 is 5.75. The molecule has 34 heavy (non-hydrogen) atoms. The number of thiophene rings is 1. The summed E-state index contributed by atoms with van der Waals surface area (Å²) >= 11 is 7.69. The van der Waals surface area contributed by atoms with E-state index < -0.39 is 6.03 Å². The second kappa shape index (κ2) is 13.0. The van der Waals surface area contributed by atoms with Gasteiger partial charge in [-0.3, -0.25) is 5.32 Å². The first-order valence-electron chi connectivity index (χ1n) is 10.3. The fourth-order valence-electron chi connectivity index (χ4n) is 2.71. The number of urea groups is 2. The Morgan fingerprint density at radius 2 is 1.94 bits per heavy atom. The molecule has 0 aliphatic rings. The third-order valence-electron chi connectivity index (χ3n) is 4.33. The maximum atomic E-state index is 12.3. The number of nitrogens with one attached hydrogen (secondary N) is 4. The highest BCUT2D eigenvalue weighted by Gasteiger charge is 2.11. The highest BCUT2D eigenvalue weighted by Crippen LogP contribution is 2.28. The number of rotatable bonds is 10. The summed E-state index contributed by atoms with van der Waals surface area (Å²) in [6, 6.07) is 6.09. The molecule has 0 radical (unpaired) electrons. The van der Waals surface area contributed by atoms with Crippen LogP contribution in [0.4, 0.5) is 26.9 Å². The highest BCUT2D eigenvalue weighted by molar-refractivity contribution is 7.07. The van der Waals surface area contributed by atoms with Gasteiger partial charge in [-0.25, -0.2) is 14.6 Å². The van der Waals surface area contributed by atoms with E-state index in [1.165, 1.54) is 18.0 Å². The van der Waals surface area contributed by atoms with E-state index in [4.69, 9.17) is 22.9 Å². The zero-order chi connectivity index (χ0) is 24.2. The Labute approximate surface area is 205 Å². The molecular formula is C22H22ClN7O3S. The lowest BCUT2D eigenvalue weighted by Crippen LogP contribution is -2.37. The molecule has 0 spiro atoms. The van der Waals surface area contributed by atoms with Gasteiger partial charge in [0, 0.05) is 18.1 Å². The molecule has 3 rings (SSSR count). The van der Waals surface area contributed by atoms with Crippen LogP contribution in [0.25, 0.3) is 4.85 Å². The van der Waals surface area contributed by atoms with Crippen molar-refractivity contribution in [2.24, 2.45) is 0 Å². The molecule has 10 nitrogen and oxygen atoms in total. The molecule has 0 bridgehead atoms. The summed E-state index contributed by atoms with van der Waals surface area (Å²) in [4.78, 5) is 35.1. The number of hydrogen-bond donors (Lipinski definition) is 4. The van der Waals surface area contributed by atoms with Crippen LogP contribution in [0.15, 0.2) is 47.4 Å². The number of amides is 4. The minimum absolute atomic E-state index is 0.127. The number of carbonyl (C=O) groups is 2. The van der Waals surface area contributed by atoms with E-state index in [-0.39, 0.29) is 17.7 Å². The fourth-order valence-corrected chi connectivity index (χ4v) is 3.59. The van der Waals surface area contributed by atoms with Crippen LogP contribution in [0.2, 0.25) is 5.02 Å². The van der Waals surface area contributed by atoms with E-state index >= 15 is 0 Å². The number of halogens is 1. The van der Waals surface area contributed by atoms with Crippen molar-refractivity contribution in [2.75, 3.05) is 30.3 Å². The van der Waals surface area contributed by atoms with Gasteiger partial charge in [-0.2, -0.15) is 11.3 Å². The second-order valence-electron chi connectivity index (χ2n) is 6.86. The molecule has 0 fully saturated rings. The van der Waals surface area contributed by atoms with Crippen LogP contribution in [0, 0.1) is 6.57 Å². The van der Waals surface area contributed by atoms with Crippen molar-refractivity contribution in [3.8, 4) is 5.75 Å². The Morgan fingerprint density at radius 3 is 2.68 bits per heavy atom. The normalized spacial score (nSPS) is 10.1. The third-order valence-corrected chi connectivity index (χ3v) is 5.29. The summed E-state index contributed by atoms with van der Waals surface area (Å²) in [5.74, 6) is 0.741. The third kappa shape index (κ3) is 8.23. The number of carbonyl (C=O) groups excluding carboxylic acids is 2. The molecular weight excluding hydrogens is 478 g/mol. The smallest absolute Gasteiger partial charge is 0.325 e. The average molecular weight is 500 g/mol. The van der Waals surface area contributed by atoms with E-state index in [1.807, 2.05) is 11.4 Å². The monoisotopic (exact) mass is 499 g/mol. The van der Waals surface area contributed by atoms with Crippen molar-refractivity contribution in [3.05, 3.63) is 69.4 Å². The summed E-state index contributed by atoms with van der Waals surface area (Å²) in [6.45, 7) is 8.19. The van der Waals surface area contributed by atoms with Gasteiger partial charge in [0.25, 0.3) is 5.82 Å². The summed E-state index contributed by atoms with van der Waals surface area (Å²) in [6.07, 6.45) is 3.90. The van der Waals surface area contributed by atoms with Gasteiger partial charge in [0.2, 0.25) is 0 Å². The molecule has 0 saturated carbocycles. The minimum atomic E-state index is -0.572. The second-order valence-corrected chi connectivity index (χ2v) is 8.07. The first-order valence-corrected chi connectivity index (χ1v) is 11.6. The Kier molecular flexibility index (Phi) is 9.45. The van der Waals surface area contributed by atoms with Gasteiger partial charge >= 0.3 is 12.1 Å². The van der Waals surface area contributed by atoms with Crippen molar-refractivity contribution in [1.29, 1.82) is 0 Å². The van der Waals surface area contributed by atoms with Crippen LogP contribution in [0.3, 0.4) is 0 Å². The molecule has 4 N–H and O–H groups in total. The van der Waals surface area contributed by atoms with Gasteiger partial charge in [-0.1, -0.05) is 18.2 Å². The molecule has 0 aliphatic heterocycles. The summed E-state index contributed by atoms with van der Waals surface area (Å²) in [7, 11) is 0. The van der Waals surface area contributed by atoms with Crippen molar-refractivity contribution in [3.63, 3.8) is 0 Å². The van der Waals surface area contributed by atoms with Crippen LogP contribution in [0.1, 0.15) is 12.0 Å². The van der Waals surface area contributed by atoms with Gasteiger partial charge in [-0.15, -0.1) is 4.98 Å². The first-order chi connectivity index (χ1) is 16.5. The number of hydrogen-bond acceptors (Lipinski definition) is 6. The van der Waals surface area contributed by atoms with E-state index in [0.29, 0.717) is 42.6 Å². The van der Waals surface area contributed by atoms with E-state index in [1.54, 1.807) is 29.5 Å². The molecule has 0 aliphatic carbocycles. The summed E-state index contributed by atoms with van der Waals surface area (Å²) in [5, 5.41) is 15.3. The Balaban J connectivity index is 1.40. The van der Waals surface area contributed by atoms with Crippen molar-refractivity contribution in [2.45, 2.75) is 12.8 Å². The van der Waals surface area contributed by atoms with Crippen molar-refractivity contribution >= 4 is 52.3 Å². The quantitative estimate of drug-likeness (QED) is 0.238. The van der Waals surface area contributed by atoms with Crippen LogP contribution >= 0.6 is 22.9 Å². The van der Waals surface area contributed by atoms with Crippen molar-refractivity contribution < 1.29 is 14.3 Å². The topological polar surface area (TPSA) is 122 Å². The molecule has 0 unspecified atom stereocenters. The standard InChI is InChI=1S/C22H22ClN7O3S/c1-24-19-12-28-20(13-27-19)30-22(32)29-17-11-16(23)3-4-18(17)33-9-2-7-25-21(31)26-8-5-15-6-10-34-14-15/h3-4,6,10-14H,2,5,7-9H2,(H2,25,26,31)(H2,28,29,30,32). The van der Waals surface area contributed by atoms with Gasteiger partial charge in [0.15, 0.2) is 12.0 Å². The predicted molar refractivity (Wildman–Crippen MR) is 132 cm³/mol. The van der Waals surface area contributed by atoms with Gasteiger partial charge in [-0.05, 0) is 53.4 Å². The lowest BCUT2D eigenvalue weighted by atomic mass is 10.2. The molecule has 176 valence electrons. The molecule has 4 amide bonds. The molecule has 2 heterocycles. The molecule has 2 aromatic heterocycles. The number of anilines is 2. The molecule has 1 aromatic carbocycles. The van der Waals surface area contributed by atoms with Gasteiger partial charge < -0.3 is 25.5 Å². The summed E-state index contributed by atoms with van der Waals surface area (Å²) in [5.41, 5.74) is 1.57. The maximum Gasteiger partial charge on any atom is 0.325 e. The predicted octanol–water partition coefficient (Wildman–Crippen LogP) is 4.70. The van der Waals surface area contributed by atoms with Crippen LogP contribution in [-0.2, 0) is 6.42 Å². The largest absolute Gasteiger partial charge is 0.491 e. The lowest BCUT2D eigenvalue weighted by molar-refractivity contribution is 0.239. The molecule has 0 saturated heterocycles. The van der Waals surface area contributed by atoms with Gasteiger partial charge in [0.1, 0.15) is 5.75 Å². The van der Waals surface area contributed by atoms with E-state index in [0.717, 1.165) is 6.42 Å².